The zero-order valence-electron chi connectivity index (χ0n) is 10.9. The zero-order chi connectivity index (χ0) is 15.6. The Morgan fingerprint density at radius 3 is 2.43 bits per heavy atom. The number of phenols is 1. The summed E-state index contributed by atoms with van der Waals surface area (Å²) in [5.74, 6) is -0.592. The third kappa shape index (κ3) is 2.77. The van der Waals surface area contributed by atoms with E-state index in [1.165, 1.54) is 31.6 Å². The molecule has 0 atom stereocenters. The molecule has 9 heteroatoms. The van der Waals surface area contributed by atoms with Crippen LogP contribution in [-0.2, 0) is 10.0 Å². The van der Waals surface area contributed by atoms with Crippen LogP contribution in [0.5, 0.6) is 5.75 Å². The number of benzene rings is 1. The molecule has 110 valence electrons. The molecule has 0 bridgehead atoms. The van der Waals surface area contributed by atoms with Gasteiger partial charge in [-0.25, -0.2) is 8.42 Å². The fourth-order valence-corrected chi connectivity index (χ4v) is 2.88. The molecular weight excluding hydrogens is 298 g/mol. The molecule has 0 radical (unpaired) electrons. The molecule has 0 aliphatic heterocycles. The number of rotatable bonds is 4. The van der Waals surface area contributed by atoms with Crippen LogP contribution in [0.15, 0.2) is 47.6 Å². The lowest BCUT2D eigenvalue weighted by Crippen LogP contribution is -2.26. The maximum Gasteiger partial charge on any atom is 0.312 e. The van der Waals surface area contributed by atoms with Gasteiger partial charge in [-0.05, 0) is 24.3 Å². The molecule has 0 saturated carbocycles. The van der Waals surface area contributed by atoms with Crippen LogP contribution >= 0.6 is 0 Å². The van der Waals surface area contributed by atoms with E-state index in [4.69, 9.17) is 0 Å². The summed E-state index contributed by atoms with van der Waals surface area (Å²) in [6.45, 7) is 0. The molecule has 1 aromatic carbocycles. The number of hydrogen-bond donors (Lipinski definition) is 1. The van der Waals surface area contributed by atoms with E-state index in [1.54, 1.807) is 0 Å². The van der Waals surface area contributed by atoms with E-state index in [0.29, 0.717) is 5.69 Å². The van der Waals surface area contributed by atoms with E-state index in [0.717, 1.165) is 22.5 Å². The average molecular weight is 309 g/mol. The summed E-state index contributed by atoms with van der Waals surface area (Å²) in [5, 5.41) is 20.1. The first kappa shape index (κ1) is 14.7. The monoisotopic (exact) mass is 309 g/mol. The van der Waals surface area contributed by atoms with Gasteiger partial charge in [0.2, 0.25) is 0 Å². The largest absolute Gasteiger partial charge is 0.502 e. The standard InChI is InChI=1S/C12H11N3O5S/c1-14(9-4-6-13-7-5-9)21(19,20)10-2-3-12(16)11(8-10)15(17)18/h2-8,16H,1H3. The van der Waals surface area contributed by atoms with Crippen molar-refractivity contribution >= 4 is 21.4 Å². The van der Waals surface area contributed by atoms with Gasteiger partial charge in [0.15, 0.2) is 5.75 Å². The SMILES string of the molecule is CN(c1ccncc1)S(=O)(=O)c1ccc(O)c([N+](=O)[O-])c1. The molecule has 0 aliphatic rings. The molecule has 0 spiro atoms. The van der Waals surface area contributed by atoms with E-state index < -0.39 is 26.4 Å². The average Bonchev–Trinajstić information content (AvgIpc) is 2.47. The van der Waals surface area contributed by atoms with Crippen molar-refractivity contribution in [3.63, 3.8) is 0 Å². The van der Waals surface area contributed by atoms with Crippen molar-refractivity contribution in [1.82, 2.24) is 4.98 Å². The van der Waals surface area contributed by atoms with Crippen LogP contribution in [0.25, 0.3) is 0 Å². The number of pyridine rings is 1. The Morgan fingerprint density at radius 1 is 1.24 bits per heavy atom. The zero-order valence-corrected chi connectivity index (χ0v) is 11.7. The van der Waals surface area contributed by atoms with Crippen molar-refractivity contribution in [2.24, 2.45) is 0 Å². The highest BCUT2D eigenvalue weighted by molar-refractivity contribution is 7.92. The first-order chi connectivity index (χ1) is 9.84. The maximum atomic E-state index is 12.4. The normalized spacial score (nSPS) is 11.1. The number of phenolic OH excluding ortho intramolecular Hbond substituents is 1. The molecule has 1 aromatic heterocycles. The molecule has 1 N–H and O–H groups in total. The van der Waals surface area contributed by atoms with Gasteiger partial charge >= 0.3 is 5.69 Å². The summed E-state index contributed by atoms with van der Waals surface area (Å²) >= 11 is 0. The molecular formula is C12H11N3O5S. The minimum atomic E-state index is -3.97. The number of nitro groups is 1. The fourth-order valence-electron chi connectivity index (χ4n) is 1.66. The first-order valence-corrected chi connectivity index (χ1v) is 7.14. The van der Waals surface area contributed by atoms with Crippen LogP contribution in [0.4, 0.5) is 11.4 Å². The van der Waals surface area contributed by atoms with E-state index in [2.05, 4.69) is 4.98 Å². The lowest BCUT2D eigenvalue weighted by atomic mass is 10.3. The number of nitrogens with zero attached hydrogens (tertiary/aromatic N) is 3. The molecule has 2 rings (SSSR count). The molecule has 0 unspecified atom stereocenters. The number of aromatic hydroxyl groups is 1. The quantitative estimate of drug-likeness (QED) is 0.676. The minimum Gasteiger partial charge on any atom is -0.502 e. The van der Waals surface area contributed by atoms with E-state index in [1.807, 2.05) is 0 Å². The van der Waals surface area contributed by atoms with Crippen LogP contribution in [0.2, 0.25) is 0 Å². The Morgan fingerprint density at radius 2 is 1.86 bits per heavy atom. The summed E-state index contributed by atoms with van der Waals surface area (Å²) in [6, 6.07) is 5.89. The van der Waals surface area contributed by atoms with Gasteiger partial charge in [-0.15, -0.1) is 0 Å². The van der Waals surface area contributed by atoms with Crippen LogP contribution in [0.1, 0.15) is 0 Å². The Hall–Kier alpha value is -2.68. The highest BCUT2D eigenvalue weighted by atomic mass is 32.2. The van der Waals surface area contributed by atoms with Gasteiger partial charge in [0.05, 0.1) is 15.5 Å². The summed E-state index contributed by atoms with van der Waals surface area (Å²) in [7, 11) is -2.65. The lowest BCUT2D eigenvalue weighted by molar-refractivity contribution is -0.386. The van der Waals surface area contributed by atoms with Gasteiger partial charge in [-0.1, -0.05) is 0 Å². The first-order valence-electron chi connectivity index (χ1n) is 5.70. The van der Waals surface area contributed by atoms with Gasteiger partial charge < -0.3 is 5.11 Å². The summed E-state index contributed by atoms with van der Waals surface area (Å²) in [6.07, 6.45) is 2.86. The number of hydrogen-bond acceptors (Lipinski definition) is 6. The molecule has 8 nitrogen and oxygen atoms in total. The Kier molecular flexibility index (Phi) is 3.76. The van der Waals surface area contributed by atoms with E-state index in [-0.39, 0.29) is 4.90 Å². The van der Waals surface area contributed by atoms with Crippen molar-refractivity contribution in [3.8, 4) is 5.75 Å². The van der Waals surface area contributed by atoms with Crippen LogP contribution in [-0.4, -0.2) is 30.5 Å². The van der Waals surface area contributed by atoms with Gasteiger partial charge in [-0.2, -0.15) is 0 Å². The second-order valence-electron chi connectivity index (χ2n) is 4.09. The molecule has 0 fully saturated rings. The van der Waals surface area contributed by atoms with Crippen molar-refractivity contribution in [2.75, 3.05) is 11.4 Å². The smallest absolute Gasteiger partial charge is 0.312 e. The molecule has 21 heavy (non-hydrogen) atoms. The number of nitro benzene ring substituents is 1. The van der Waals surface area contributed by atoms with Crippen LogP contribution < -0.4 is 4.31 Å². The number of aromatic nitrogens is 1. The van der Waals surface area contributed by atoms with Gasteiger partial charge in [-0.3, -0.25) is 19.4 Å². The van der Waals surface area contributed by atoms with Crippen molar-refractivity contribution in [3.05, 3.63) is 52.8 Å². The lowest BCUT2D eigenvalue weighted by Gasteiger charge is -2.19. The van der Waals surface area contributed by atoms with Crippen molar-refractivity contribution < 1.29 is 18.4 Å². The summed E-state index contributed by atoms with van der Waals surface area (Å²) < 4.78 is 25.8. The Labute approximate surface area is 120 Å². The number of anilines is 1. The predicted molar refractivity (Wildman–Crippen MR) is 74.6 cm³/mol. The summed E-state index contributed by atoms with van der Waals surface area (Å²) in [4.78, 5) is 13.4. The van der Waals surface area contributed by atoms with Crippen molar-refractivity contribution in [2.45, 2.75) is 4.90 Å². The van der Waals surface area contributed by atoms with Gasteiger partial charge in [0.1, 0.15) is 0 Å². The highest BCUT2D eigenvalue weighted by Gasteiger charge is 2.25. The molecule has 2 aromatic rings. The third-order valence-electron chi connectivity index (χ3n) is 2.83. The second-order valence-corrected chi connectivity index (χ2v) is 6.05. The minimum absolute atomic E-state index is 0.286. The molecule has 0 amide bonds. The predicted octanol–water partition coefficient (Wildman–Crippen LogP) is 1.52. The fraction of sp³-hybridized carbons (Fsp3) is 0.0833. The number of sulfonamides is 1. The third-order valence-corrected chi connectivity index (χ3v) is 4.61. The summed E-state index contributed by atoms with van der Waals surface area (Å²) in [5.41, 5.74) is -0.306. The molecule has 1 heterocycles. The highest BCUT2D eigenvalue weighted by Crippen LogP contribution is 2.30. The molecule has 0 saturated heterocycles. The van der Waals surface area contributed by atoms with Gasteiger partial charge in [0, 0.05) is 25.5 Å². The Balaban J connectivity index is 2.50. The van der Waals surface area contributed by atoms with Crippen LogP contribution in [0, 0.1) is 10.1 Å². The van der Waals surface area contributed by atoms with Gasteiger partial charge in [0.25, 0.3) is 10.0 Å². The Bertz CT molecular complexity index is 777. The van der Waals surface area contributed by atoms with E-state index in [9.17, 15) is 23.6 Å². The topological polar surface area (TPSA) is 114 Å². The molecule has 0 aliphatic carbocycles. The van der Waals surface area contributed by atoms with Crippen LogP contribution in [0.3, 0.4) is 0 Å². The van der Waals surface area contributed by atoms with E-state index >= 15 is 0 Å². The van der Waals surface area contributed by atoms with Crippen molar-refractivity contribution in [1.29, 1.82) is 0 Å². The second kappa shape index (κ2) is 5.37. The maximum absolute atomic E-state index is 12.4.